The largest absolute Gasteiger partial charge is 0.497 e. The molecule has 2 aliphatic rings. The van der Waals surface area contributed by atoms with Crippen LogP contribution in [0, 0.1) is 5.92 Å². The Bertz CT molecular complexity index is 1560. The molecule has 5 rings (SSSR count). The summed E-state index contributed by atoms with van der Waals surface area (Å²) in [5.74, 6) is 1.92. The summed E-state index contributed by atoms with van der Waals surface area (Å²) in [6.07, 6.45) is 4.77. The summed E-state index contributed by atoms with van der Waals surface area (Å²) in [7, 11) is 3.08. The predicted molar refractivity (Wildman–Crippen MR) is 172 cm³/mol. The van der Waals surface area contributed by atoms with Gasteiger partial charge in [0.2, 0.25) is 11.9 Å². The van der Waals surface area contributed by atoms with Gasteiger partial charge in [-0.2, -0.15) is 4.98 Å². The van der Waals surface area contributed by atoms with Gasteiger partial charge in [-0.1, -0.05) is 18.2 Å². The Kier molecular flexibility index (Phi) is 10.1. The number of piperazine rings is 1. The van der Waals surface area contributed by atoms with Crippen molar-refractivity contribution in [2.45, 2.75) is 45.3 Å². The Morgan fingerprint density at radius 2 is 1.89 bits per heavy atom. The fraction of sp³-hybridized carbons (Fsp3) is 0.500. The van der Waals surface area contributed by atoms with Crippen molar-refractivity contribution in [2.75, 3.05) is 58.9 Å². The molecule has 2 unspecified atom stereocenters. The average Bonchev–Trinajstić information content (AvgIpc) is 3.00. The first-order valence-electron chi connectivity index (χ1n) is 15.0. The van der Waals surface area contributed by atoms with Crippen LogP contribution < -0.4 is 20.3 Å². The minimum absolute atomic E-state index is 0.0452. The van der Waals surface area contributed by atoms with Gasteiger partial charge in [0.25, 0.3) is 5.56 Å². The molecule has 3 aromatic rings. The second kappa shape index (κ2) is 14.0. The highest BCUT2D eigenvalue weighted by Crippen LogP contribution is 2.38. The number of benzene rings is 1. The van der Waals surface area contributed by atoms with Crippen LogP contribution in [-0.4, -0.2) is 95.9 Å². The molecule has 11 nitrogen and oxygen atoms in total. The number of aryl methyl sites for hydroxylation is 1. The number of methoxy groups -OCH3 is 2. The first-order chi connectivity index (χ1) is 21.2. The zero-order chi connectivity index (χ0) is 31.4. The molecule has 236 valence electrons. The molecule has 0 aliphatic carbocycles. The van der Waals surface area contributed by atoms with Gasteiger partial charge < -0.3 is 24.4 Å². The number of anilines is 1. The third-order valence-corrected chi connectivity index (χ3v) is 8.90. The first-order valence-corrected chi connectivity index (χ1v) is 15.4. The van der Waals surface area contributed by atoms with Crippen molar-refractivity contribution in [3.63, 3.8) is 0 Å². The molecule has 0 saturated carbocycles. The summed E-state index contributed by atoms with van der Waals surface area (Å²) in [4.78, 5) is 40.0. The molecule has 0 spiro atoms. The van der Waals surface area contributed by atoms with Gasteiger partial charge in [0, 0.05) is 79.5 Å². The molecule has 2 aromatic heterocycles. The van der Waals surface area contributed by atoms with E-state index in [1.165, 1.54) is 13.2 Å². The summed E-state index contributed by atoms with van der Waals surface area (Å²) >= 11 is 6.74. The molecule has 2 atom stereocenters. The van der Waals surface area contributed by atoms with Crippen molar-refractivity contribution in [1.29, 1.82) is 0 Å². The van der Waals surface area contributed by atoms with Gasteiger partial charge in [-0.05, 0) is 44.9 Å². The number of nitrogens with zero attached hydrogens (tertiary/aromatic N) is 5. The maximum atomic E-state index is 14.2. The second-order valence-corrected chi connectivity index (χ2v) is 11.9. The second-order valence-electron chi connectivity index (χ2n) is 11.5. The third kappa shape index (κ3) is 6.69. The van der Waals surface area contributed by atoms with Gasteiger partial charge in [-0.3, -0.25) is 19.1 Å². The number of aromatic nitrogens is 3. The molecule has 12 heteroatoms. The summed E-state index contributed by atoms with van der Waals surface area (Å²) < 4.78 is 17.9. The van der Waals surface area contributed by atoms with E-state index in [1.54, 1.807) is 36.1 Å². The smallest absolute Gasteiger partial charge is 0.260 e. The minimum Gasteiger partial charge on any atom is -0.497 e. The fourth-order valence-corrected chi connectivity index (χ4v) is 6.32. The summed E-state index contributed by atoms with van der Waals surface area (Å²) in [5, 5.41) is 4.35. The van der Waals surface area contributed by atoms with Gasteiger partial charge in [0.05, 0.1) is 32.5 Å². The van der Waals surface area contributed by atoms with Crippen LogP contribution >= 0.6 is 11.6 Å². The molecule has 44 heavy (non-hydrogen) atoms. The van der Waals surface area contributed by atoms with E-state index in [0.29, 0.717) is 76.6 Å². The molecule has 1 aromatic carbocycles. The van der Waals surface area contributed by atoms with Crippen LogP contribution in [-0.2, 0) is 16.1 Å². The minimum atomic E-state index is -0.214. The van der Waals surface area contributed by atoms with Crippen molar-refractivity contribution < 1.29 is 19.0 Å². The maximum Gasteiger partial charge on any atom is 0.260 e. The number of hydrogen-bond acceptors (Lipinski definition) is 9. The zero-order valence-electron chi connectivity index (χ0n) is 25.8. The highest BCUT2D eigenvalue weighted by molar-refractivity contribution is 6.35. The molecule has 2 aliphatic heterocycles. The van der Waals surface area contributed by atoms with Crippen LogP contribution in [0.5, 0.6) is 11.5 Å². The molecular formula is C32H41ClN6O5. The quantitative estimate of drug-likeness (QED) is 0.298. The first kappa shape index (κ1) is 31.7. The molecule has 4 heterocycles. The molecule has 0 bridgehead atoms. The van der Waals surface area contributed by atoms with Gasteiger partial charge >= 0.3 is 0 Å². The van der Waals surface area contributed by atoms with Crippen molar-refractivity contribution in [3.8, 4) is 22.6 Å². The van der Waals surface area contributed by atoms with E-state index in [1.807, 2.05) is 4.90 Å². The number of nitrogens with one attached hydrogen (secondary N) is 1. The summed E-state index contributed by atoms with van der Waals surface area (Å²) in [6, 6.07) is 5.55. The van der Waals surface area contributed by atoms with E-state index in [-0.39, 0.29) is 23.6 Å². The number of ether oxygens (including phenoxy) is 3. The number of rotatable bonds is 12. The molecular weight excluding hydrogens is 584 g/mol. The van der Waals surface area contributed by atoms with Crippen LogP contribution in [0.3, 0.4) is 0 Å². The Labute approximate surface area is 262 Å². The lowest BCUT2D eigenvalue weighted by molar-refractivity contribution is -0.130. The Morgan fingerprint density at radius 3 is 2.52 bits per heavy atom. The van der Waals surface area contributed by atoms with E-state index in [9.17, 15) is 9.59 Å². The Hall–Kier alpha value is -3.67. The topological polar surface area (TPSA) is 111 Å². The lowest BCUT2D eigenvalue weighted by Gasteiger charge is -2.44. The molecule has 2 fully saturated rings. The van der Waals surface area contributed by atoms with Crippen molar-refractivity contribution >= 4 is 34.5 Å². The summed E-state index contributed by atoms with van der Waals surface area (Å²) in [6.45, 7) is 12.6. The molecule has 0 radical (unpaired) electrons. The lowest BCUT2D eigenvalue weighted by Crippen LogP contribution is -2.58. The van der Waals surface area contributed by atoms with Gasteiger partial charge in [-0.25, -0.2) is 4.98 Å². The zero-order valence-corrected chi connectivity index (χ0v) is 26.6. The van der Waals surface area contributed by atoms with Crippen molar-refractivity contribution in [1.82, 2.24) is 24.3 Å². The fourth-order valence-electron chi connectivity index (χ4n) is 6.04. The number of amides is 1. The highest BCUT2D eigenvalue weighted by atomic mass is 35.5. The average molecular weight is 625 g/mol. The lowest BCUT2D eigenvalue weighted by atomic mass is 10.0. The third-order valence-electron chi connectivity index (χ3n) is 8.51. The number of carbonyl (C=O) groups is 1. The van der Waals surface area contributed by atoms with Crippen LogP contribution in [0.2, 0.25) is 5.02 Å². The number of carbonyl (C=O) groups excluding carboxylic acids is 1. The molecule has 1 amide bonds. The standard InChI is InChI=1S/C32H41ClN6O5/c1-6-28(40)37-16-20(2)38(21(3)17-37)10-7-11-39-30-23(15-35-32(36-30)34-9-8-22-18-44-19-22)12-26(31(39)41)25-13-24(42-4)14-27(43-5)29(25)33/h6,12-15,20-22H,1,7-11,16-19H2,2-5H3,(H,34,35,36). The van der Waals surface area contributed by atoms with Crippen molar-refractivity contribution in [3.05, 3.63) is 52.4 Å². The summed E-state index contributed by atoms with van der Waals surface area (Å²) in [5.41, 5.74) is 1.26. The van der Waals surface area contributed by atoms with E-state index >= 15 is 0 Å². The Morgan fingerprint density at radius 1 is 1.14 bits per heavy atom. The Balaban J connectivity index is 1.46. The van der Waals surface area contributed by atoms with Crippen LogP contribution in [0.15, 0.2) is 41.8 Å². The van der Waals surface area contributed by atoms with Crippen LogP contribution in [0.4, 0.5) is 5.95 Å². The van der Waals surface area contributed by atoms with Crippen LogP contribution in [0.25, 0.3) is 22.2 Å². The predicted octanol–water partition coefficient (Wildman–Crippen LogP) is 4.07. The normalized spacial score (nSPS) is 19.1. The van der Waals surface area contributed by atoms with E-state index < -0.39 is 0 Å². The monoisotopic (exact) mass is 624 g/mol. The molecule has 2 saturated heterocycles. The molecule has 1 N–H and O–H groups in total. The SMILES string of the molecule is C=CC(=O)N1CC(C)N(CCCn2c(=O)c(-c3cc(OC)cc(OC)c3Cl)cc3cnc(NCCC4COC4)nc32)C(C)C1. The van der Waals surface area contributed by atoms with Gasteiger partial charge in [0.15, 0.2) is 0 Å². The van der Waals surface area contributed by atoms with Gasteiger partial charge in [0.1, 0.15) is 17.1 Å². The number of halogens is 1. The number of hydrogen-bond donors (Lipinski definition) is 1. The number of fused-ring (bicyclic) bond motifs is 1. The maximum absolute atomic E-state index is 14.2. The van der Waals surface area contributed by atoms with Crippen LogP contribution in [0.1, 0.15) is 26.7 Å². The highest BCUT2D eigenvalue weighted by Gasteiger charge is 2.30. The van der Waals surface area contributed by atoms with Crippen molar-refractivity contribution in [2.24, 2.45) is 5.92 Å². The van der Waals surface area contributed by atoms with E-state index in [4.69, 9.17) is 30.8 Å². The van der Waals surface area contributed by atoms with Gasteiger partial charge in [-0.15, -0.1) is 0 Å². The van der Waals surface area contributed by atoms with E-state index in [0.717, 1.165) is 32.7 Å². The van der Waals surface area contributed by atoms with E-state index in [2.05, 4.69) is 35.6 Å². The number of pyridine rings is 1.